The molecule has 0 unspecified atom stereocenters. The lowest BCUT2D eigenvalue weighted by molar-refractivity contribution is 0.0692. The van der Waals surface area contributed by atoms with Gasteiger partial charge in [0.25, 0.3) is 0 Å². The summed E-state index contributed by atoms with van der Waals surface area (Å²) in [5, 5.41) is 20.1. The molecule has 0 spiro atoms. The van der Waals surface area contributed by atoms with Crippen LogP contribution in [0.4, 0.5) is 16.0 Å². The molecule has 0 bridgehead atoms. The molecule has 29 heavy (non-hydrogen) atoms. The Morgan fingerprint density at radius 1 is 1.28 bits per heavy atom. The minimum absolute atomic E-state index is 0.192. The summed E-state index contributed by atoms with van der Waals surface area (Å²) in [5.74, 6) is -1.99. The molecule has 146 valence electrons. The molecule has 2 heterocycles. The lowest BCUT2D eigenvalue weighted by Crippen LogP contribution is -2.04. The number of methoxy groups -OCH3 is 1. The number of carboxylic acid groups (broad SMARTS) is 1. The number of fused-ring (bicyclic) bond motifs is 1. The van der Waals surface area contributed by atoms with Crippen molar-refractivity contribution >= 4 is 28.8 Å². The molecule has 0 aliphatic heterocycles. The van der Waals surface area contributed by atoms with Crippen molar-refractivity contribution in [3.63, 3.8) is 0 Å². The molecule has 0 saturated carbocycles. The van der Waals surface area contributed by atoms with Crippen molar-refractivity contribution in [1.29, 1.82) is 0 Å². The van der Waals surface area contributed by atoms with Crippen LogP contribution in [0, 0.1) is 5.82 Å². The number of nitrogens with zero attached hydrogens (tertiary/aromatic N) is 5. The molecular weight excluding hydrogens is 379 g/mol. The van der Waals surface area contributed by atoms with Crippen LogP contribution in [-0.2, 0) is 11.3 Å². The monoisotopic (exact) mass is 394 g/mol. The summed E-state index contributed by atoms with van der Waals surface area (Å²) in [5.41, 5.74) is 2.55. The summed E-state index contributed by atoms with van der Waals surface area (Å²) >= 11 is 0. The quantitative estimate of drug-likeness (QED) is 0.513. The highest BCUT2D eigenvalue weighted by molar-refractivity contribution is 5.89. The Kier molecular flexibility index (Phi) is 4.83. The van der Waals surface area contributed by atoms with E-state index in [1.807, 2.05) is 24.3 Å². The smallest absolute Gasteiger partial charge is 0.338 e. The van der Waals surface area contributed by atoms with Crippen molar-refractivity contribution in [3.8, 4) is 5.69 Å². The number of anilines is 2. The Hall–Kier alpha value is -3.92. The zero-order valence-electron chi connectivity index (χ0n) is 15.2. The van der Waals surface area contributed by atoms with Crippen molar-refractivity contribution in [2.24, 2.45) is 0 Å². The van der Waals surface area contributed by atoms with E-state index in [0.29, 0.717) is 23.5 Å². The van der Waals surface area contributed by atoms with Crippen LogP contribution in [0.25, 0.3) is 16.9 Å². The first-order valence-electron chi connectivity index (χ1n) is 8.52. The van der Waals surface area contributed by atoms with Crippen LogP contribution in [0.1, 0.15) is 15.9 Å². The maximum Gasteiger partial charge on any atom is 0.338 e. The van der Waals surface area contributed by atoms with Gasteiger partial charge in [0.1, 0.15) is 5.82 Å². The Morgan fingerprint density at radius 3 is 2.93 bits per heavy atom. The topological polar surface area (TPSA) is 115 Å². The number of hydrogen-bond donors (Lipinski definition) is 2. The van der Waals surface area contributed by atoms with E-state index in [9.17, 15) is 9.18 Å². The molecule has 0 fully saturated rings. The second-order valence-corrected chi connectivity index (χ2v) is 6.13. The van der Waals surface area contributed by atoms with E-state index < -0.39 is 17.3 Å². The predicted octanol–water partition coefficient (Wildman–Crippen LogP) is 2.94. The van der Waals surface area contributed by atoms with Gasteiger partial charge < -0.3 is 15.2 Å². The van der Waals surface area contributed by atoms with Gasteiger partial charge in [0.2, 0.25) is 5.95 Å². The van der Waals surface area contributed by atoms with Crippen molar-refractivity contribution in [1.82, 2.24) is 25.0 Å². The second kappa shape index (κ2) is 7.60. The maximum atomic E-state index is 13.6. The van der Waals surface area contributed by atoms with Gasteiger partial charge in [-0.2, -0.15) is 9.67 Å². The number of ether oxygens (including phenoxy) is 1. The van der Waals surface area contributed by atoms with E-state index in [2.05, 4.69) is 25.6 Å². The van der Waals surface area contributed by atoms with E-state index in [1.165, 1.54) is 18.3 Å². The number of halogens is 1. The third kappa shape index (κ3) is 3.73. The van der Waals surface area contributed by atoms with Gasteiger partial charge in [0.15, 0.2) is 11.2 Å². The normalized spacial score (nSPS) is 11.0. The maximum absolute atomic E-state index is 13.6. The number of hydrogen-bond acceptors (Lipinski definition) is 7. The molecule has 0 atom stereocenters. The van der Waals surface area contributed by atoms with E-state index in [4.69, 9.17) is 9.84 Å². The summed E-state index contributed by atoms with van der Waals surface area (Å²) in [6.45, 7) is 0.457. The van der Waals surface area contributed by atoms with Crippen LogP contribution in [0.15, 0.2) is 48.7 Å². The molecule has 10 heteroatoms. The van der Waals surface area contributed by atoms with Gasteiger partial charge in [-0.3, -0.25) is 0 Å². The Bertz CT molecular complexity index is 1210. The molecule has 2 aromatic carbocycles. The number of nitrogens with one attached hydrogen (secondary N) is 1. The van der Waals surface area contributed by atoms with Gasteiger partial charge in [-0.25, -0.2) is 14.2 Å². The van der Waals surface area contributed by atoms with E-state index >= 15 is 0 Å². The highest BCUT2D eigenvalue weighted by Gasteiger charge is 2.13. The molecule has 0 amide bonds. The number of rotatable bonds is 6. The Labute approximate surface area is 163 Å². The molecule has 4 rings (SSSR count). The van der Waals surface area contributed by atoms with Crippen molar-refractivity contribution in [3.05, 3.63) is 65.6 Å². The first-order valence-corrected chi connectivity index (χ1v) is 8.52. The van der Waals surface area contributed by atoms with E-state index in [1.54, 1.807) is 11.8 Å². The molecule has 4 aromatic rings. The van der Waals surface area contributed by atoms with Crippen LogP contribution < -0.4 is 5.32 Å². The molecule has 2 N–H and O–H groups in total. The number of carbonyl (C=O) groups is 1. The van der Waals surface area contributed by atoms with Crippen LogP contribution in [-0.4, -0.2) is 43.1 Å². The van der Waals surface area contributed by atoms with Crippen LogP contribution in [0.5, 0.6) is 0 Å². The molecule has 0 radical (unpaired) electrons. The SMILES string of the molecule is COCc1cccc(-n2nnc3cnc(Nc4ccc(F)c(C(=O)O)c4)nc32)c1. The minimum atomic E-state index is -1.36. The highest BCUT2D eigenvalue weighted by atomic mass is 19.1. The molecule has 0 saturated heterocycles. The fraction of sp³-hybridized carbons (Fsp3) is 0.105. The number of benzene rings is 2. The molecule has 2 aromatic heterocycles. The first kappa shape index (κ1) is 18.4. The summed E-state index contributed by atoms with van der Waals surface area (Å²) in [6.07, 6.45) is 1.49. The van der Waals surface area contributed by atoms with Gasteiger partial charge in [0, 0.05) is 12.8 Å². The largest absolute Gasteiger partial charge is 0.478 e. The summed E-state index contributed by atoms with van der Waals surface area (Å²) in [7, 11) is 1.62. The van der Waals surface area contributed by atoms with Gasteiger partial charge >= 0.3 is 5.97 Å². The third-order valence-corrected chi connectivity index (χ3v) is 4.11. The molecule has 0 aliphatic carbocycles. The van der Waals surface area contributed by atoms with Gasteiger partial charge in [-0.1, -0.05) is 17.3 Å². The molecule has 0 aliphatic rings. The third-order valence-electron chi connectivity index (χ3n) is 4.11. The minimum Gasteiger partial charge on any atom is -0.478 e. The lowest BCUT2D eigenvalue weighted by atomic mass is 10.2. The van der Waals surface area contributed by atoms with Crippen molar-refractivity contribution in [2.75, 3.05) is 12.4 Å². The average molecular weight is 394 g/mol. The average Bonchev–Trinajstić information content (AvgIpc) is 3.13. The number of carboxylic acids is 1. The van der Waals surface area contributed by atoms with Crippen LogP contribution in [0.2, 0.25) is 0 Å². The van der Waals surface area contributed by atoms with Crippen LogP contribution >= 0.6 is 0 Å². The molecular formula is C19H15FN6O3. The second-order valence-electron chi connectivity index (χ2n) is 6.13. The standard InChI is InChI=1S/C19H15FN6O3/c1-29-10-11-3-2-4-13(7-11)26-17-16(24-25-26)9-21-19(23-17)22-12-5-6-15(20)14(8-12)18(27)28/h2-9H,10H2,1H3,(H,27,28)(H,21,22,23). The van der Waals surface area contributed by atoms with Gasteiger partial charge in [-0.05, 0) is 35.9 Å². The van der Waals surface area contributed by atoms with Crippen molar-refractivity contribution in [2.45, 2.75) is 6.61 Å². The zero-order chi connectivity index (χ0) is 20.4. The highest BCUT2D eigenvalue weighted by Crippen LogP contribution is 2.20. The summed E-state index contributed by atoms with van der Waals surface area (Å²) in [4.78, 5) is 19.7. The van der Waals surface area contributed by atoms with E-state index in [0.717, 1.165) is 17.3 Å². The Morgan fingerprint density at radius 2 is 2.14 bits per heavy atom. The lowest BCUT2D eigenvalue weighted by Gasteiger charge is -2.07. The number of aromatic carboxylic acids is 1. The Balaban J connectivity index is 1.70. The summed E-state index contributed by atoms with van der Waals surface area (Å²) in [6, 6.07) is 11.2. The first-order chi connectivity index (χ1) is 14.0. The predicted molar refractivity (Wildman–Crippen MR) is 102 cm³/mol. The van der Waals surface area contributed by atoms with Crippen molar-refractivity contribution < 1.29 is 19.0 Å². The fourth-order valence-electron chi connectivity index (χ4n) is 2.80. The zero-order valence-corrected chi connectivity index (χ0v) is 15.2. The number of aromatic nitrogens is 5. The van der Waals surface area contributed by atoms with Gasteiger partial charge in [0.05, 0.1) is 24.1 Å². The molecule has 9 nitrogen and oxygen atoms in total. The van der Waals surface area contributed by atoms with Crippen LogP contribution in [0.3, 0.4) is 0 Å². The van der Waals surface area contributed by atoms with E-state index in [-0.39, 0.29) is 5.95 Å². The van der Waals surface area contributed by atoms with Gasteiger partial charge in [-0.15, -0.1) is 5.10 Å². The fourth-order valence-corrected chi connectivity index (χ4v) is 2.80. The summed E-state index contributed by atoms with van der Waals surface area (Å²) < 4.78 is 20.3.